The number of nitrogens with one attached hydrogen (secondary N) is 3. The molecule has 23 heavy (non-hydrogen) atoms. The van der Waals surface area contributed by atoms with Gasteiger partial charge in [-0.25, -0.2) is 17.9 Å². The Hall–Kier alpha value is -1.98. The minimum absolute atomic E-state index is 0.146. The molecule has 0 spiro atoms. The molecule has 1 heterocycles. The van der Waals surface area contributed by atoms with E-state index in [0.717, 1.165) is 11.3 Å². The molecule has 0 saturated heterocycles. The van der Waals surface area contributed by atoms with Crippen LogP contribution >= 0.6 is 11.3 Å². The molecule has 1 aromatic heterocycles. The highest BCUT2D eigenvalue weighted by molar-refractivity contribution is 7.91. The van der Waals surface area contributed by atoms with Crippen LogP contribution in [0.4, 0.5) is 4.79 Å². The minimum Gasteiger partial charge on any atom is -0.456 e. The van der Waals surface area contributed by atoms with Crippen LogP contribution in [-0.2, 0) is 24.3 Å². The molecule has 0 aliphatic carbocycles. The van der Waals surface area contributed by atoms with E-state index in [-0.39, 0.29) is 17.2 Å². The van der Waals surface area contributed by atoms with Gasteiger partial charge in [0.1, 0.15) is 4.21 Å². The Morgan fingerprint density at radius 1 is 1.30 bits per heavy atom. The Morgan fingerprint density at radius 2 is 2.04 bits per heavy atom. The molecule has 0 fully saturated rings. The predicted octanol–water partition coefficient (Wildman–Crippen LogP) is -0.195. The van der Waals surface area contributed by atoms with Gasteiger partial charge in [0.2, 0.25) is 10.0 Å². The van der Waals surface area contributed by atoms with Crippen LogP contribution in [0.3, 0.4) is 0 Å². The standard InChI is InChI=1S/C12H17N3O6S2/c1-2-13-12(18)15-9(16)8-21-10(17)5-6-14-23(19,20)11-4-3-7-22-11/h3-4,7,14H,2,5-6,8H2,1H3,(H2,13,15,16,18). The smallest absolute Gasteiger partial charge is 0.321 e. The van der Waals surface area contributed by atoms with E-state index in [1.807, 2.05) is 5.32 Å². The summed E-state index contributed by atoms with van der Waals surface area (Å²) < 4.78 is 30.5. The number of thiophene rings is 1. The Balaban J connectivity index is 2.25. The summed E-state index contributed by atoms with van der Waals surface area (Å²) in [6.07, 6.45) is -0.237. The summed E-state index contributed by atoms with van der Waals surface area (Å²) in [5, 5.41) is 5.92. The maximum atomic E-state index is 11.8. The van der Waals surface area contributed by atoms with Gasteiger partial charge in [-0.2, -0.15) is 0 Å². The van der Waals surface area contributed by atoms with Crippen molar-refractivity contribution in [2.24, 2.45) is 0 Å². The van der Waals surface area contributed by atoms with Gasteiger partial charge in [-0.05, 0) is 18.4 Å². The lowest BCUT2D eigenvalue weighted by molar-refractivity contribution is -0.148. The van der Waals surface area contributed by atoms with Gasteiger partial charge in [0.15, 0.2) is 6.61 Å². The maximum absolute atomic E-state index is 11.8. The average molecular weight is 363 g/mol. The number of imide groups is 1. The van der Waals surface area contributed by atoms with E-state index in [2.05, 4.69) is 14.8 Å². The number of hydrogen-bond acceptors (Lipinski definition) is 7. The molecule has 11 heteroatoms. The SMILES string of the molecule is CCNC(=O)NC(=O)COC(=O)CCNS(=O)(=O)c1cccs1. The molecule has 1 rings (SSSR count). The third-order valence-corrected chi connectivity index (χ3v) is 5.19. The molecule has 3 amide bonds. The fourth-order valence-electron chi connectivity index (χ4n) is 1.36. The van der Waals surface area contributed by atoms with Gasteiger partial charge in [0, 0.05) is 13.1 Å². The van der Waals surface area contributed by atoms with Crippen LogP contribution in [0.15, 0.2) is 21.7 Å². The van der Waals surface area contributed by atoms with Crippen molar-refractivity contribution in [1.29, 1.82) is 0 Å². The summed E-state index contributed by atoms with van der Waals surface area (Å²) in [6, 6.07) is 2.36. The Morgan fingerprint density at radius 3 is 2.65 bits per heavy atom. The number of urea groups is 1. The zero-order valence-electron chi connectivity index (χ0n) is 12.3. The molecular weight excluding hydrogens is 346 g/mol. The van der Waals surface area contributed by atoms with Gasteiger partial charge < -0.3 is 10.1 Å². The highest BCUT2D eigenvalue weighted by atomic mass is 32.2. The molecule has 0 unspecified atom stereocenters. The number of hydrogen-bond donors (Lipinski definition) is 3. The van der Waals surface area contributed by atoms with Crippen molar-refractivity contribution >= 4 is 39.3 Å². The number of esters is 1. The molecule has 0 radical (unpaired) electrons. The second kappa shape index (κ2) is 9.22. The Bertz CT molecular complexity index is 642. The largest absolute Gasteiger partial charge is 0.456 e. The third-order valence-electron chi connectivity index (χ3n) is 2.34. The molecular formula is C12H17N3O6S2. The Labute approximate surface area is 137 Å². The van der Waals surface area contributed by atoms with E-state index >= 15 is 0 Å². The van der Waals surface area contributed by atoms with E-state index in [1.54, 1.807) is 18.4 Å². The molecule has 1 aromatic rings. The monoisotopic (exact) mass is 363 g/mol. The zero-order valence-corrected chi connectivity index (χ0v) is 14.0. The van der Waals surface area contributed by atoms with E-state index in [0.29, 0.717) is 6.54 Å². The van der Waals surface area contributed by atoms with E-state index in [4.69, 9.17) is 0 Å². The van der Waals surface area contributed by atoms with Gasteiger partial charge in [-0.1, -0.05) is 6.07 Å². The van der Waals surface area contributed by atoms with Crippen LogP contribution in [0.1, 0.15) is 13.3 Å². The summed E-state index contributed by atoms with van der Waals surface area (Å²) in [5.41, 5.74) is 0. The number of carbonyl (C=O) groups excluding carboxylic acids is 3. The van der Waals surface area contributed by atoms with E-state index in [9.17, 15) is 22.8 Å². The van der Waals surface area contributed by atoms with Crippen molar-refractivity contribution in [1.82, 2.24) is 15.4 Å². The molecule has 0 atom stereocenters. The first-order valence-electron chi connectivity index (χ1n) is 6.61. The summed E-state index contributed by atoms with van der Waals surface area (Å²) in [5.74, 6) is -1.53. The first-order chi connectivity index (χ1) is 10.8. The van der Waals surface area contributed by atoms with Gasteiger partial charge in [-0.3, -0.25) is 14.9 Å². The molecule has 9 nitrogen and oxygen atoms in total. The predicted molar refractivity (Wildman–Crippen MR) is 82.3 cm³/mol. The lowest BCUT2D eigenvalue weighted by Crippen LogP contribution is -2.41. The third kappa shape index (κ3) is 7.21. The lowest BCUT2D eigenvalue weighted by atomic mass is 10.4. The van der Waals surface area contributed by atoms with Crippen molar-refractivity contribution in [3.63, 3.8) is 0 Å². The van der Waals surface area contributed by atoms with Crippen molar-refractivity contribution in [2.45, 2.75) is 17.6 Å². The fourth-order valence-corrected chi connectivity index (χ4v) is 3.43. The molecule has 3 N–H and O–H groups in total. The van der Waals surface area contributed by atoms with E-state index in [1.165, 1.54) is 6.07 Å². The molecule has 128 valence electrons. The van der Waals surface area contributed by atoms with Gasteiger partial charge in [0.05, 0.1) is 6.42 Å². The molecule has 0 aromatic carbocycles. The summed E-state index contributed by atoms with van der Waals surface area (Å²) in [4.78, 5) is 33.7. The van der Waals surface area contributed by atoms with Crippen LogP contribution in [0.5, 0.6) is 0 Å². The first-order valence-corrected chi connectivity index (χ1v) is 8.98. The highest BCUT2D eigenvalue weighted by Gasteiger charge is 2.16. The topological polar surface area (TPSA) is 131 Å². The average Bonchev–Trinajstić information content (AvgIpc) is 3.00. The van der Waals surface area contributed by atoms with Crippen molar-refractivity contribution in [3.05, 3.63) is 17.5 Å². The number of rotatable bonds is 8. The summed E-state index contributed by atoms with van der Waals surface area (Å²) in [7, 11) is -3.64. The van der Waals surface area contributed by atoms with Crippen molar-refractivity contribution in [2.75, 3.05) is 19.7 Å². The zero-order chi connectivity index (χ0) is 17.3. The molecule has 0 aliphatic rings. The van der Waals surface area contributed by atoms with Crippen LogP contribution < -0.4 is 15.4 Å². The fraction of sp³-hybridized carbons (Fsp3) is 0.417. The Kier molecular flexibility index (Phi) is 7.65. The van der Waals surface area contributed by atoms with Crippen LogP contribution in [-0.4, -0.2) is 46.0 Å². The normalized spacial score (nSPS) is 10.8. The summed E-state index contributed by atoms with van der Waals surface area (Å²) >= 11 is 1.06. The first kappa shape index (κ1) is 19.1. The molecule has 0 saturated carbocycles. The second-order valence-electron chi connectivity index (χ2n) is 4.15. The van der Waals surface area contributed by atoms with Crippen LogP contribution in [0.25, 0.3) is 0 Å². The quantitative estimate of drug-likeness (QED) is 0.549. The number of carbonyl (C=O) groups is 3. The van der Waals surface area contributed by atoms with Crippen LogP contribution in [0, 0.1) is 0 Å². The van der Waals surface area contributed by atoms with Crippen molar-refractivity contribution < 1.29 is 27.5 Å². The van der Waals surface area contributed by atoms with Crippen molar-refractivity contribution in [3.8, 4) is 0 Å². The van der Waals surface area contributed by atoms with Gasteiger partial charge in [0.25, 0.3) is 5.91 Å². The number of sulfonamides is 1. The van der Waals surface area contributed by atoms with Crippen LogP contribution in [0.2, 0.25) is 0 Å². The highest BCUT2D eigenvalue weighted by Crippen LogP contribution is 2.14. The number of amides is 3. The van der Waals surface area contributed by atoms with E-state index < -0.39 is 34.5 Å². The van der Waals surface area contributed by atoms with Gasteiger partial charge >= 0.3 is 12.0 Å². The maximum Gasteiger partial charge on any atom is 0.321 e. The molecule has 0 aliphatic heterocycles. The second-order valence-corrected chi connectivity index (χ2v) is 7.09. The van der Waals surface area contributed by atoms with Gasteiger partial charge in [-0.15, -0.1) is 11.3 Å². The minimum atomic E-state index is -3.64. The lowest BCUT2D eigenvalue weighted by Gasteiger charge is -2.07. The number of ether oxygens (including phenoxy) is 1. The summed E-state index contributed by atoms with van der Waals surface area (Å²) in [6.45, 7) is 1.26. The molecule has 0 bridgehead atoms.